The van der Waals surface area contributed by atoms with Crippen molar-refractivity contribution >= 4 is 27.6 Å². The van der Waals surface area contributed by atoms with Gasteiger partial charge in [0.2, 0.25) is 15.9 Å². The lowest BCUT2D eigenvalue weighted by atomic mass is 9.95. The van der Waals surface area contributed by atoms with Crippen LogP contribution in [0.25, 0.3) is 0 Å². The molecule has 1 amide bonds. The number of nitrogens with one attached hydrogen (secondary N) is 1. The Balaban J connectivity index is 1.96. The quantitative estimate of drug-likeness (QED) is 0.418. The summed E-state index contributed by atoms with van der Waals surface area (Å²) in [5, 5.41) is 22.9. The second-order valence-electron chi connectivity index (χ2n) is 7.83. The van der Waals surface area contributed by atoms with Gasteiger partial charge < -0.3 is 10.4 Å². The molecule has 0 spiro atoms. The van der Waals surface area contributed by atoms with Crippen LogP contribution in [0.1, 0.15) is 37.3 Å². The Labute approximate surface area is 191 Å². The number of unbranched alkanes of at least 4 members (excludes halogenated alkanes) is 1. The number of nitro groups is 1. The zero-order valence-corrected chi connectivity index (χ0v) is 18.8. The molecular formula is C22H25N3O7S. The van der Waals surface area contributed by atoms with Gasteiger partial charge in [-0.25, -0.2) is 13.2 Å². The largest absolute Gasteiger partial charge is 0.480 e. The van der Waals surface area contributed by atoms with Gasteiger partial charge in [0.1, 0.15) is 12.1 Å². The number of hydrogen-bond acceptors (Lipinski definition) is 6. The minimum absolute atomic E-state index is 0.0777. The summed E-state index contributed by atoms with van der Waals surface area (Å²) < 4.78 is 27.9. The van der Waals surface area contributed by atoms with Crippen molar-refractivity contribution < 1.29 is 28.0 Å². The average molecular weight is 476 g/mol. The van der Waals surface area contributed by atoms with Crippen molar-refractivity contribution in [3.05, 3.63) is 69.8 Å². The summed E-state index contributed by atoms with van der Waals surface area (Å²) in [7, 11) is -4.21. The van der Waals surface area contributed by atoms with Crippen molar-refractivity contribution in [2.75, 3.05) is 0 Å². The smallest absolute Gasteiger partial charge is 0.326 e. The maximum atomic E-state index is 13.4. The van der Waals surface area contributed by atoms with E-state index in [0.29, 0.717) is 6.42 Å². The fraction of sp³-hybridized carbons (Fsp3) is 0.364. The van der Waals surface area contributed by atoms with Gasteiger partial charge in [-0.2, -0.15) is 4.31 Å². The molecular weight excluding hydrogens is 450 g/mol. The Hall–Kier alpha value is -3.31. The molecule has 2 aromatic rings. The molecule has 33 heavy (non-hydrogen) atoms. The molecule has 0 saturated heterocycles. The molecule has 0 saturated carbocycles. The van der Waals surface area contributed by atoms with Crippen LogP contribution in [0.4, 0.5) is 5.69 Å². The third-order valence-electron chi connectivity index (χ3n) is 5.62. The number of non-ortho nitro benzene ring substituents is 1. The van der Waals surface area contributed by atoms with E-state index in [9.17, 15) is 33.2 Å². The lowest BCUT2D eigenvalue weighted by Crippen LogP contribution is -2.55. The first-order chi connectivity index (χ1) is 15.6. The van der Waals surface area contributed by atoms with Crippen LogP contribution < -0.4 is 5.32 Å². The van der Waals surface area contributed by atoms with E-state index >= 15 is 0 Å². The van der Waals surface area contributed by atoms with E-state index in [0.717, 1.165) is 46.1 Å². The fourth-order valence-electron chi connectivity index (χ4n) is 3.78. The number of sulfonamides is 1. The van der Waals surface area contributed by atoms with Gasteiger partial charge in [0.15, 0.2) is 0 Å². The van der Waals surface area contributed by atoms with Crippen LogP contribution in [0.2, 0.25) is 0 Å². The topological polar surface area (TPSA) is 147 Å². The molecule has 1 unspecified atom stereocenters. The van der Waals surface area contributed by atoms with Crippen LogP contribution in [0.3, 0.4) is 0 Å². The Morgan fingerprint density at radius 3 is 2.39 bits per heavy atom. The highest BCUT2D eigenvalue weighted by molar-refractivity contribution is 7.89. The molecule has 1 heterocycles. The first-order valence-corrected chi connectivity index (χ1v) is 12.0. The SMILES string of the molecule is CCCCC(NC(=O)[C@@H]1Cc2ccccc2CN1S(=O)(=O)c1ccc([N+](=O)[O-])cc1)C(=O)O. The number of benzene rings is 2. The number of rotatable bonds is 9. The van der Waals surface area contributed by atoms with Gasteiger partial charge in [-0.05, 0) is 36.1 Å². The Morgan fingerprint density at radius 2 is 1.82 bits per heavy atom. The highest BCUT2D eigenvalue weighted by Crippen LogP contribution is 2.30. The standard InChI is InChI=1S/C22H25N3O7S/c1-2-3-8-19(22(27)28)23-21(26)20-13-15-6-4-5-7-16(15)14-24(20)33(31,32)18-11-9-17(10-12-18)25(29)30/h4-7,9-12,19-20H,2-3,8,13-14H2,1H3,(H,23,26)(H,27,28)/t19?,20-/m0/s1. The van der Waals surface area contributed by atoms with Crippen molar-refractivity contribution in [1.29, 1.82) is 0 Å². The molecule has 0 radical (unpaired) electrons. The van der Waals surface area contributed by atoms with E-state index in [-0.39, 0.29) is 30.0 Å². The molecule has 0 aromatic heterocycles. The van der Waals surface area contributed by atoms with E-state index in [1.54, 1.807) is 24.3 Å². The van der Waals surface area contributed by atoms with E-state index in [4.69, 9.17) is 0 Å². The molecule has 0 fully saturated rings. The monoisotopic (exact) mass is 475 g/mol. The highest BCUT2D eigenvalue weighted by Gasteiger charge is 2.40. The predicted molar refractivity (Wildman–Crippen MR) is 119 cm³/mol. The second kappa shape index (κ2) is 10.1. The average Bonchev–Trinajstić information content (AvgIpc) is 2.80. The van der Waals surface area contributed by atoms with E-state index in [1.165, 1.54) is 0 Å². The van der Waals surface area contributed by atoms with Gasteiger partial charge in [0, 0.05) is 18.7 Å². The van der Waals surface area contributed by atoms with Crippen molar-refractivity contribution in [3.8, 4) is 0 Å². The van der Waals surface area contributed by atoms with E-state index < -0.39 is 38.9 Å². The van der Waals surface area contributed by atoms with Crippen LogP contribution in [0.15, 0.2) is 53.4 Å². The highest BCUT2D eigenvalue weighted by atomic mass is 32.2. The van der Waals surface area contributed by atoms with E-state index in [1.807, 2.05) is 6.92 Å². The first-order valence-electron chi connectivity index (χ1n) is 10.5. The normalized spacial score (nSPS) is 17.1. The second-order valence-corrected chi connectivity index (χ2v) is 9.72. The predicted octanol–water partition coefficient (Wildman–Crippen LogP) is 2.47. The summed E-state index contributed by atoms with van der Waals surface area (Å²) in [6, 6.07) is 9.27. The summed E-state index contributed by atoms with van der Waals surface area (Å²) in [5.41, 5.74) is 1.27. The molecule has 2 atom stereocenters. The molecule has 11 heteroatoms. The summed E-state index contributed by atoms with van der Waals surface area (Å²) >= 11 is 0. The zero-order valence-electron chi connectivity index (χ0n) is 18.0. The van der Waals surface area contributed by atoms with Gasteiger partial charge in [0.25, 0.3) is 5.69 Å². The van der Waals surface area contributed by atoms with Crippen LogP contribution in [0, 0.1) is 10.1 Å². The summed E-state index contributed by atoms with van der Waals surface area (Å²) in [4.78, 5) is 34.9. The maximum absolute atomic E-state index is 13.4. The fourth-order valence-corrected chi connectivity index (χ4v) is 5.35. The van der Waals surface area contributed by atoms with Crippen LogP contribution in [-0.2, 0) is 32.6 Å². The van der Waals surface area contributed by atoms with Crippen molar-refractivity contribution in [2.24, 2.45) is 0 Å². The van der Waals surface area contributed by atoms with Crippen LogP contribution >= 0.6 is 0 Å². The lowest BCUT2D eigenvalue weighted by Gasteiger charge is -2.35. The third-order valence-corrected chi connectivity index (χ3v) is 7.49. The molecule has 1 aliphatic rings. The van der Waals surface area contributed by atoms with E-state index in [2.05, 4.69) is 5.32 Å². The number of nitrogens with zero attached hydrogens (tertiary/aromatic N) is 2. The van der Waals surface area contributed by atoms with Crippen LogP contribution in [-0.4, -0.2) is 46.7 Å². The van der Waals surface area contributed by atoms with Gasteiger partial charge >= 0.3 is 5.97 Å². The van der Waals surface area contributed by atoms with Gasteiger partial charge in [-0.3, -0.25) is 14.9 Å². The Bertz CT molecular complexity index is 1150. The zero-order chi connectivity index (χ0) is 24.2. The molecule has 3 rings (SSSR count). The Kier molecular flexibility index (Phi) is 7.44. The third kappa shape index (κ3) is 5.37. The molecule has 1 aliphatic heterocycles. The summed E-state index contributed by atoms with van der Waals surface area (Å²) in [6.45, 7) is 1.82. The van der Waals surface area contributed by atoms with Gasteiger partial charge in [0.05, 0.1) is 9.82 Å². The van der Waals surface area contributed by atoms with Gasteiger partial charge in [-0.15, -0.1) is 0 Å². The van der Waals surface area contributed by atoms with Gasteiger partial charge in [-0.1, -0.05) is 44.0 Å². The lowest BCUT2D eigenvalue weighted by molar-refractivity contribution is -0.384. The number of hydrogen-bond donors (Lipinski definition) is 2. The molecule has 2 N–H and O–H groups in total. The molecule has 0 aliphatic carbocycles. The number of carbonyl (C=O) groups excluding carboxylic acids is 1. The maximum Gasteiger partial charge on any atom is 0.326 e. The number of aliphatic carboxylic acids is 1. The Morgan fingerprint density at radius 1 is 1.18 bits per heavy atom. The van der Waals surface area contributed by atoms with Crippen molar-refractivity contribution in [2.45, 2.75) is 56.1 Å². The van der Waals surface area contributed by atoms with Crippen molar-refractivity contribution in [1.82, 2.24) is 9.62 Å². The number of carbonyl (C=O) groups is 2. The summed E-state index contributed by atoms with van der Waals surface area (Å²) in [5.74, 6) is -1.88. The molecule has 10 nitrogen and oxygen atoms in total. The molecule has 176 valence electrons. The number of nitro benzene ring substituents is 1. The molecule has 0 bridgehead atoms. The minimum Gasteiger partial charge on any atom is -0.480 e. The number of carboxylic acid groups (broad SMARTS) is 1. The number of amides is 1. The van der Waals surface area contributed by atoms with Crippen LogP contribution in [0.5, 0.6) is 0 Å². The molecule has 2 aromatic carbocycles. The number of fused-ring (bicyclic) bond motifs is 1. The first kappa shape index (κ1) is 24.3. The summed E-state index contributed by atoms with van der Waals surface area (Å²) in [6.07, 6.45) is 1.65. The number of carboxylic acids is 1. The van der Waals surface area contributed by atoms with Crippen molar-refractivity contribution in [3.63, 3.8) is 0 Å². The minimum atomic E-state index is -4.21.